The van der Waals surface area contributed by atoms with Gasteiger partial charge in [0, 0.05) is 12.8 Å². The normalized spacial score (nSPS) is 11.7. The highest BCUT2D eigenvalue weighted by Gasteiger charge is 2.21. The molecule has 1 rings (SSSR count). The predicted molar refractivity (Wildman–Crippen MR) is 84.8 cm³/mol. The van der Waals surface area contributed by atoms with E-state index in [1.165, 1.54) is 18.4 Å². The summed E-state index contributed by atoms with van der Waals surface area (Å²) in [6.07, 6.45) is 2.65. The molecular formula is C14H19NO4S2. The Morgan fingerprint density at radius 2 is 2.14 bits per heavy atom. The minimum Gasteiger partial charge on any atom is -0.467 e. The van der Waals surface area contributed by atoms with Crippen LogP contribution in [-0.4, -0.2) is 42.8 Å². The van der Waals surface area contributed by atoms with Crippen LogP contribution in [0.2, 0.25) is 0 Å². The first-order valence-corrected chi connectivity index (χ1v) is 8.78. The molecule has 1 atom stereocenters. The fourth-order valence-corrected chi connectivity index (χ4v) is 2.85. The van der Waals surface area contributed by atoms with Crippen molar-refractivity contribution in [1.82, 2.24) is 5.32 Å². The first-order chi connectivity index (χ1) is 10.1. The van der Waals surface area contributed by atoms with Crippen molar-refractivity contribution in [1.29, 1.82) is 0 Å². The number of nitrogens with one attached hydrogen (secondary N) is 1. The molecule has 0 aliphatic heterocycles. The summed E-state index contributed by atoms with van der Waals surface area (Å²) in [6, 6.07) is 2.89. The summed E-state index contributed by atoms with van der Waals surface area (Å²) in [7, 11) is 1.29. The second kappa shape index (κ2) is 9.57. The molecule has 0 radical (unpaired) electrons. The highest BCUT2D eigenvalue weighted by atomic mass is 32.2. The Morgan fingerprint density at radius 1 is 1.38 bits per heavy atom. The van der Waals surface area contributed by atoms with E-state index < -0.39 is 12.0 Å². The number of amides is 1. The largest absolute Gasteiger partial charge is 0.467 e. The summed E-state index contributed by atoms with van der Waals surface area (Å²) < 4.78 is 4.67. The van der Waals surface area contributed by atoms with Gasteiger partial charge in [-0.3, -0.25) is 9.59 Å². The summed E-state index contributed by atoms with van der Waals surface area (Å²) in [6.45, 7) is 0. The number of rotatable bonds is 9. The predicted octanol–water partition coefficient (Wildman–Crippen LogP) is 2.12. The number of esters is 1. The van der Waals surface area contributed by atoms with Crippen LogP contribution in [0.5, 0.6) is 0 Å². The third-order valence-electron chi connectivity index (χ3n) is 2.81. The van der Waals surface area contributed by atoms with E-state index in [0.29, 0.717) is 11.3 Å². The monoisotopic (exact) mass is 329 g/mol. The second-order valence-corrected chi connectivity index (χ2v) is 6.26. The van der Waals surface area contributed by atoms with Crippen LogP contribution in [-0.2, 0) is 14.3 Å². The Bertz CT molecular complexity index is 473. The standard InChI is InChI=1S/C14H19NO4S2/c1-19-14(18)10(7-9-20-2)15-13(17)6-5-11(16)12-4-3-8-21-12/h3-4,8,10H,5-7,9H2,1-2H3,(H,15,17)/t10-/m1/s1. The van der Waals surface area contributed by atoms with Crippen LogP contribution in [0.15, 0.2) is 17.5 Å². The maximum absolute atomic E-state index is 11.8. The molecule has 7 heteroatoms. The molecule has 0 aromatic carbocycles. The van der Waals surface area contributed by atoms with Gasteiger partial charge in [0.15, 0.2) is 5.78 Å². The Morgan fingerprint density at radius 3 is 2.71 bits per heavy atom. The zero-order valence-electron chi connectivity index (χ0n) is 12.1. The van der Waals surface area contributed by atoms with Crippen molar-refractivity contribution in [2.75, 3.05) is 19.1 Å². The van der Waals surface area contributed by atoms with Crippen LogP contribution in [0.4, 0.5) is 0 Å². The maximum Gasteiger partial charge on any atom is 0.328 e. The summed E-state index contributed by atoms with van der Waals surface area (Å²) in [5.74, 6) is -0.0777. The van der Waals surface area contributed by atoms with Gasteiger partial charge < -0.3 is 10.1 Å². The zero-order chi connectivity index (χ0) is 15.7. The average molecular weight is 329 g/mol. The van der Waals surface area contributed by atoms with Gasteiger partial charge in [0.2, 0.25) is 5.91 Å². The lowest BCUT2D eigenvalue weighted by molar-refractivity contribution is -0.145. The van der Waals surface area contributed by atoms with Gasteiger partial charge in [0.25, 0.3) is 0 Å². The van der Waals surface area contributed by atoms with E-state index >= 15 is 0 Å². The minimum atomic E-state index is -0.646. The van der Waals surface area contributed by atoms with Crippen molar-refractivity contribution in [2.24, 2.45) is 0 Å². The molecule has 1 heterocycles. The minimum absolute atomic E-state index is 0.0566. The molecular weight excluding hydrogens is 310 g/mol. The SMILES string of the molecule is COC(=O)[C@@H](CCSC)NC(=O)CCC(=O)c1cccs1. The maximum atomic E-state index is 11.8. The Hall–Kier alpha value is -1.34. The Balaban J connectivity index is 2.42. The molecule has 0 bridgehead atoms. The average Bonchev–Trinajstić information content (AvgIpc) is 3.02. The van der Waals surface area contributed by atoms with E-state index in [-0.39, 0.29) is 24.5 Å². The van der Waals surface area contributed by atoms with Crippen molar-refractivity contribution in [3.8, 4) is 0 Å². The molecule has 5 nitrogen and oxygen atoms in total. The fourth-order valence-electron chi connectivity index (χ4n) is 1.68. The molecule has 0 saturated carbocycles. The van der Waals surface area contributed by atoms with Crippen LogP contribution in [0.25, 0.3) is 0 Å². The van der Waals surface area contributed by atoms with Crippen LogP contribution >= 0.6 is 23.1 Å². The van der Waals surface area contributed by atoms with Crippen molar-refractivity contribution in [3.63, 3.8) is 0 Å². The van der Waals surface area contributed by atoms with Crippen molar-refractivity contribution in [2.45, 2.75) is 25.3 Å². The van der Waals surface area contributed by atoms with Crippen LogP contribution < -0.4 is 5.32 Å². The number of ketones is 1. The van der Waals surface area contributed by atoms with E-state index in [1.807, 2.05) is 11.6 Å². The number of carbonyl (C=O) groups is 3. The van der Waals surface area contributed by atoms with Crippen molar-refractivity contribution in [3.05, 3.63) is 22.4 Å². The Kier molecular flexibility index (Phi) is 8.07. The molecule has 0 aliphatic carbocycles. The molecule has 0 fully saturated rings. The summed E-state index contributed by atoms with van der Waals surface area (Å²) in [4.78, 5) is 35.8. The molecule has 0 spiro atoms. The van der Waals surface area contributed by atoms with Crippen molar-refractivity contribution >= 4 is 40.8 Å². The first-order valence-electron chi connectivity index (χ1n) is 6.51. The smallest absolute Gasteiger partial charge is 0.328 e. The lowest BCUT2D eigenvalue weighted by Crippen LogP contribution is -2.42. The molecule has 1 aromatic rings. The van der Waals surface area contributed by atoms with E-state index in [0.717, 1.165) is 5.75 Å². The number of thioether (sulfide) groups is 1. The highest BCUT2D eigenvalue weighted by Crippen LogP contribution is 2.12. The number of Topliss-reactive ketones (excluding diaryl/α,β-unsaturated/α-hetero) is 1. The summed E-state index contributed by atoms with van der Waals surface area (Å²) >= 11 is 2.95. The zero-order valence-corrected chi connectivity index (χ0v) is 13.7. The van der Waals surface area contributed by atoms with E-state index in [2.05, 4.69) is 10.1 Å². The molecule has 0 unspecified atom stereocenters. The van der Waals surface area contributed by atoms with Crippen LogP contribution in [0.1, 0.15) is 28.9 Å². The van der Waals surface area contributed by atoms with Crippen molar-refractivity contribution < 1.29 is 19.1 Å². The molecule has 21 heavy (non-hydrogen) atoms. The van der Waals surface area contributed by atoms with E-state index in [1.54, 1.807) is 23.9 Å². The van der Waals surface area contributed by atoms with Crippen LogP contribution in [0.3, 0.4) is 0 Å². The van der Waals surface area contributed by atoms with Gasteiger partial charge in [0.1, 0.15) is 6.04 Å². The third-order valence-corrected chi connectivity index (χ3v) is 4.36. The third kappa shape index (κ3) is 6.31. The van der Waals surface area contributed by atoms with Gasteiger partial charge in [0.05, 0.1) is 12.0 Å². The first kappa shape index (κ1) is 17.7. The highest BCUT2D eigenvalue weighted by molar-refractivity contribution is 7.98. The molecule has 0 saturated heterocycles. The number of ether oxygens (including phenoxy) is 1. The number of carbonyl (C=O) groups excluding carboxylic acids is 3. The molecule has 116 valence electrons. The summed E-state index contributed by atoms with van der Waals surface area (Å²) in [5.41, 5.74) is 0. The fraction of sp³-hybridized carbons (Fsp3) is 0.500. The van der Waals surface area contributed by atoms with Gasteiger partial charge in [-0.25, -0.2) is 4.79 Å². The number of methoxy groups -OCH3 is 1. The molecule has 1 amide bonds. The molecule has 1 N–H and O–H groups in total. The number of thiophene rings is 1. The number of hydrogen-bond acceptors (Lipinski definition) is 6. The second-order valence-electron chi connectivity index (χ2n) is 4.33. The molecule has 0 aliphatic rings. The van der Waals surface area contributed by atoms with Gasteiger partial charge in [-0.15, -0.1) is 11.3 Å². The quantitative estimate of drug-likeness (QED) is 0.555. The van der Waals surface area contributed by atoms with Gasteiger partial charge in [-0.1, -0.05) is 6.07 Å². The van der Waals surface area contributed by atoms with E-state index in [4.69, 9.17) is 0 Å². The molecule has 1 aromatic heterocycles. The number of hydrogen-bond donors (Lipinski definition) is 1. The van der Waals surface area contributed by atoms with Gasteiger partial charge in [-0.2, -0.15) is 11.8 Å². The lowest BCUT2D eigenvalue weighted by atomic mass is 10.1. The lowest BCUT2D eigenvalue weighted by Gasteiger charge is -2.15. The topological polar surface area (TPSA) is 72.5 Å². The Labute approximate surface area is 132 Å². The van der Waals surface area contributed by atoms with Gasteiger partial charge >= 0.3 is 5.97 Å². The van der Waals surface area contributed by atoms with Crippen LogP contribution in [0, 0.1) is 0 Å². The van der Waals surface area contributed by atoms with Gasteiger partial charge in [-0.05, 0) is 29.9 Å². The summed E-state index contributed by atoms with van der Waals surface area (Å²) in [5, 5.41) is 4.45. The van der Waals surface area contributed by atoms with E-state index in [9.17, 15) is 14.4 Å².